The maximum atomic E-state index is 13.5. The van der Waals surface area contributed by atoms with Gasteiger partial charge in [0.15, 0.2) is 0 Å². The number of hydrogen-bond acceptors (Lipinski definition) is 4. The summed E-state index contributed by atoms with van der Waals surface area (Å²) in [4.78, 5) is 10.3. The Kier molecular flexibility index (Phi) is 4.02. The predicted octanol–water partition coefficient (Wildman–Crippen LogP) is 2.56. The Morgan fingerprint density at radius 1 is 1.20 bits per heavy atom. The highest BCUT2D eigenvalue weighted by atomic mass is 19.1. The molecule has 0 saturated heterocycles. The third-order valence-corrected chi connectivity index (χ3v) is 2.47. The lowest BCUT2D eigenvalue weighted by Crippen LogP contribution is -1.95. The van der Waals surface area contributed by atoms with Crippen molar-refractivity contribution in [1.82, 2.24) is 10.2 Å². The Hall–Kier alpha value is -2.38. The number of aliphatic carboxylic acids is 1. The molecular weight excluding hydrogens is 277 g/mol. The third kappa shape index (κ3) is 3.14. The molecule has 0 atom stereocenters. The lowest BCUT2D eigenvalue weighted by atomic mass is 10.2. The van der Waals surface area contributed by atoms with Crippen molar-refractivity contribution < 1.29 is 27.5 Å². The largest absolute Gasteiger partial charge is 0.481 e. The number of benzene rings is 1. The molecule has 20 heavy (non-hydrogen) atoms. The monoisotopic (exact) mass is 286 g/mol. The van der Waals surface area contributed by atoms with E-state index < -0.39 is 34.9 Å². The van der Waals surface area contributed by atoms with Gasteiger partial charge in [0.25, 0.3) is 5.89 Å². The second kappa shape index (κ2) is 5.72. The average Bonchev–Trinajstić information content (AvgIpc) is 2.75. The Morgan fingerprint density at radius 2 is 1.85 bits per heavy atom. The lowest BCUT2D eigenvalue weighted by Gasteiger charge is -2.00. The van der Waals surface area contributed by atoms with Gasteiger partial charge in [-0.3, -0.25) is 4.79 Å². The van der Waals surface area contributed by atoms with E-state index in [1.54, 1.807) is 0 Å². The van der Waals surface area contributed by atoms with Crippen molar-refractivity contribution in [3.05, 3.63) is 35.5 Å². The van der Waals surface area contributed by atoms with Crippen LogP contribution in [0.1, 0.15) is 18.7 Å². The van der Waals surface area contributed by atoms with Crippen LogP contribution in [0.3, 0.4) is 0 Å². The fourth-order valence-electron chi connectivity index (χ4n) is 1.59. The first-order valence-corrected chi connectivity index (χ1v) is 5.66. The van der Waals surface area contributed by atoms with Crippen molar-refractivity contribution in [2.45, 2.75) is 19.3 Å². The van der Waals surface area contributed by atoms with Crippen LogP contribution in [0.2, 0.25) is 0 Å². The second-order valence-electron chi connectivity index (χ2n) is 3.99. The number of carboxylic acids is 1. The Morgan fingerprint density at radius 3 is 2.45 bits per heavy atom. The van der Waals surface area contributed by atoms with Gasteiger partial charge in [-0.2, -0.15) is 0 Å². The number of aromatic nitrogens is 2. The molecule has 0 aliphatic heterocycles. The van der Waals surface area contributed by atoms with Gasteiger partial charge in [0.05, 0.1) is 0 Å². The molecule has 1 aromatic carbocycles. The van der Waals surface area contributed by atoms with Crippen molar-refractivity contribution in [2.75, 3.05) is 0 Å². The number of halogens is 3. The first-order valence-electron chi connectivity index (χ1n) is 5.66. The van der Waals surface area contributed by atoms with Gasteiger partial charge >= 0.3 is 5.97 Å². The number of nitrogens with zero attached hydrogens (tertiary/aromatic N) is 2. The highest BCUT2D eigenvalue weighted by Crippen LogP contribution is 2.26. The number of rotatable bonds is 5. The van der Waals surface area contributed by atoms with Crippen molar-refractivity contribution in [2.24, 2.45) is 0 Å². The topological polar surface area (TPSA) is 76.2 Å². The van der Waals surface area contributed by atoms with Crippen LogP contribution in [0.4, 0.5) is 13.2 Å². The van der Waals surface area contributed by atoms with Gasteiger partial charge in [0.2, 0.25) is 5.89 Å². The second-order valence-corrected chi connectivity index (χ2v) is 3.99. The number of carboxylic acid groups (broad SMARTS) is 1. The van der Waals surface area contributed by atoms with Crippen LogP contribution in [0, 0.1) is 17.5 Å². The molecule has 0 amide bonds. The molecule has 8 heteroatoms. The standard InChI is InChI=1S/C12H9F3N2O3/c13-6-4-7(14)11(8(15)5-6)12-17-16-9(20-12)2-1-3-10(18)19/h4-5H,1-3H2,(H,18,19). The fourth-order valence-corrected chi connectivity index (χ4v) is 1.59. The average molecular weight is 286 g/mol. The molecule has 2 aromatic rings. The normalized spacial score (nSPS) is 10.8. The van der Waals surface area contributed by atoms with Crippen LogP contribution < -0.4 is 0 Å². The Bertz CT molecular complexity index is 620. The zero-order chi connectivity index (χ0) is 14.7. The van der Waals surface area contributed by atoms with Crippen molar-refractivity contribution >= 4 is 5.97 Å². The van der Waals surface area contributed by atoms with Crippen molar-refractivity contribution in [3.63, 3.8) is 0 Å². The van der Waals surface area contributed by atoms with E-state index in [4.69, 9.17) is 9.52 Å². The van der Waals surface area contributed by atoms with E-state index in [0.717, 1.165) is 0 Å². The molecule has 0 saturated carbocycles. The summed E-state index contributed by atoms with van der Waals surface area (Å²) in [6.45, 7) is 0. The summed E-state index contributed by atoms with van der Waals surface area (Å²) in [6.07, 6.45) is 0.339. The summed E-state index contributed by atoms with van der Waals surface area (Å²) in [7, 11) is 0. The summed E-state index contributed by atoms with van der Waals surface area (Å²) in [5, 5.41) is 15.5. The number of aryl methyl sites for hydroxylation is 1. The van der Waals surface area contributed by atoms with E-state index in [0.29, 0.717) is 12.1 Å². The van der Waals surface area contributed by atoms with Gasteiger partial charge in [-0.25, -0.2) is 13.2 Å². The zero-order valence-electron chi connectivity index (χ0n) is 10.1. The molecule has 0 fully saturated rings. The van der Waals surface area contributed by atoms with Gasteiger partial charge in [0, 0.05) is 25.0 Å². The van der Waals surface area contributed by atoms with E-state index >= 15 is 0 Å². The van der Waals surface area contributed by atoms with Gasteiger partial charge in [-0.15, -0.1) is 10.2 Å². The van der Waals surface area contributed by atoms with Crippen LogP contribution in [0.5, 0.6) is 0 Å². The maximum Gasteiger partial charge on any atom is 0.303 e. The summed E-state index contributed by atoms with van der Waals surface area (Å²) < 4.78 is 44.8. The minimum atomic E-state index is -1.15. The van der Waals surface area contributed by atoms with Crippen molar-refractivity contribution in [3.8, 4) is 11.5 Å². The van der Waals surface area contributed by atoms with E-state index in [2.05, 4.69) is 10.2 Å². The van der Waals surface area contributed by atoms with Gasteiger partial charge in [-0.05, 0) is 6.42 Å². The van der Waals surface area contributed by atoms with Gasteiger partial charge in [0.1, 0.15) is 23.0 Å². The number of carbonyl (C=O) groups is 1. The molecule has 0 spiro atoms. The van der Waals surface area contributed by atoms with Crippen LogP contribution in [-0.2, 0) is 11.2 Å². The van der Waals surface area contributed by atoms with E-state index in [1.165, 1.54) is 0 Å². The quantitative estimate of drug-likeness (QED) is 0.914. The molecule has 0 bridgehead atoms. The molecule has 2 rings (SSSR count). The SMILES string of the molecule is O=C(O)CCCc1nnc(-c2c(F)cc(F)cc2F)o1. The minimum Gasteiger partial charge on any atom is -0.481 e. The van der Waals surface area contributed by atoms with E-state index in [-0.39, 0.29) is 25.2 Å². The fraction of sp³-hybridized carbons (Fsp3) is 0.250. The van der Waals surface area contributed by atoms with Crippen LogP contribution in [0.15, 0.2) is 16.5 Å². The minimum absolute atomic E-state index is 0.0596. The van der Waals surface area contributed by atoms with E-state index in [9.17, 15) is 18.0 Å². The zero-order valence-corrected chi connectivity index (χ0v) is 10.1. The highest BCUT2D eigenvalue weighted by Gasteiger charge is 2.19. The van der Waals surface area contributed by atoms with Crippen LogP contribution in [-0.4, -0.2) is 21.3 Å². The lowest BCUT2D eigenvalue weighted by molar-refractivity contribution is -0.137. The molecule has 0 aliphatic carbocycles. The number of hydrogen-bond donors (Lipinski definition) is 1. The van der Waals surface area contributed by atoms with Crippen molar-refractivity contribution in [1.29, 1.82) is 0 Å². The summed E-state index contributed by atoms with van der Waals surface area (Å²) in [5.74, 6) is -4.67. The predicted molar refractivity (Wildman–Crippen MR) is 60.2 cm³/mol. The summed E-state index contributed by atoms with van der Waals surface area (Å²) in [5.41, 5.74) is -0.608. The van der Waals surface area contributed by atoms with Crippen LogP contribution in [0.25, 0.3) is 11.5 Å². The van der Waals surface area contributed by atoms with E-state index in [1.807, 2.05) is 0 Å². The molecule has 106 valence electrons. The highest BCUT2D eigenvalue weighted by molar-refractivity contribution is 5.66. The Labute approximate surface area is 111 Å². The summed E-state index contributed by atoms with van der Waals surface area (Å²) >= 11 is 0. The molecule has 5 nitrogen and oxygen atoms in total. The molecular formula is C12H9F3N2O3. The third-order valence-electron chi connectivity index (χ3n) is 2.47. The van der Waals surface area contributed by atoms with Gasteiger partial charge < -0.3 is 9.52 Å². The summed E-state index contributed by atoms with van der Waals surface area (Å²) in [6, 6.07) is 1.01. The molecule has 0 unspecified atom stereocenters. The molecule has 1 heterocycles. The molecule has 1 N–H and O–H groups in total. The smallest absolute Gasteiger partial charge is 0.303 e. The Balaban J connectivity index is 2.19. The van der Waals surface area contributed by atoms with Crippen LogP contribution >= 0.6 is 0 Å². The maximum absolute atomic E-state index is 13.5. The molecule has 0 radical (unpaired) electrons. The first kappa shape index (κ1) is 14.0. The molecule has 0 aliphatic rings. The van der Waals surface area contributed by atoms with Gasteiger partial charge in [-0.1, -0.05) is 0 Å². The first-order chi connectivity index (χ1) is 9.47. The molecule has 1 aromatic heterocycles.